The quantitative estimate of drug-likeness (QED) is 0.890. The van der Waals surface area contributed by atoms with Gasteiger partial charge in [-0.3, -0.25) is 4.79 Å². The van der Waals surface area contributed by atoms with Crippen LogP contribution in [0.1, 0.15) is 23.0 Å². The Kier molecular flexibility index (Phi) is 3.89. The first kappa shape index (κ1) is 13.9. The monoisotopic (exact) mass is 270 g/mol. The van der Waals surface area contributed by atoms with E-state index in [4.69, 9.17) is 11.5 Å². The van der Waals surface area contributed by atoms with Crippen molar-refractivity contribution in [3.63, 3.8) is 0 Å². The minimum Gasteiger partial charge on any atom is -0.396 e. The van der Waals surface area contributed by atoms with Crippen LogP contribution in [0.3, 0.4) is 0 Å². The van der Waals surface area contributed by atoms with E-state index in [1.54, 1.807) is 6.07 Å². The van der Waals surface area contributed by atoms with Gasteiger partial charge in [-0.15, -0.1) is 0 Å². The van der Waals surface area contributed by atoms with E-state index in [2.05, 4.69) is 24.0 Å². The van der Waals surface area contributed by atoms with Gasteiger partial charge >= 0.3 is 0 Å². The molecular formula is C15H18N4O. The molecule has 0 spiro atoms. The van der Waals surface area contributed by atoms with E-state index in [0.29, 0.717) is 11.5 Å². The highest BCUT2D eigenvalue weighted by atomic mass is 16.1. The largest absolute Gasteiger partial charge is 0.396 e. The number of aryl methyl sites for hydroxylation is 1. The van der Waals surface area contributed by atoms with Gasteiger partial charge in [-0.05, 0) is 36.2 Å². The third-order valence-corrected chi connectivity index (χ3v) is 3.21. The number of benzene rings is 1. The Hall–Kier alpha value is -2.56. The maximum atomic E-state index is 11.2. The van der Waals surface area contributed by atoms with E-state index in [0.717, 1.165) is 12.1 Å². The number of carbonyl (C=O) groups excluding carboxylic acids is 1. The molecule has 0 atom stereocenters. The first-order valence-electron chi connectivity index (χ1n) is 6.42. The molecular weight excluding hydrogens is 252 g/mol. The highest BCUT2D eigenvalue weighted by molar-refractivity contribution is 5.92. The van der Waals surface area contributed by atoms with Crippen molar-refractivity contribution >= 4 is 23.1 Å². The zero-order valence-electron chi connectivity index (χ0n) is 11.6. The van der Waals surface area contributed by atoms with E-state index >= 15 is 0 Å². The lowest BCUT2D eigenvalue weighted by atomic mass is 10.1. The number of anilines is 3. The maximum Gasteiger partial charge on any atom is 0.267 e. The molecule has 0 saturated carbocycles. The van der Waals surface area contributed by atoms with Crippen LogP contribution in [-0.2, 0) is 6.42 Å². The van der Waals surface area contributed by atoms with Crippen LogP contribution in [0, 0.1) is 0 Å². The molecule has 5 nitrogen and oxygen atoms in total. The number of pyridine rings is 1. The number of primary amides is 1. The van der Waals surface area contributed by atoms with Gasteiger partial charge in [-0.1, -0.05) is 19.1 Å². The van der Waals surface area contributed by atoms with Crippen LogP contribution in [0.4, 0.5) is 17.2 Å². The van der Waals surface area contributed by atoms with Gasteiger partial charge in [-0.25, -0.2) is 4.98 Å². The molecule has 0 fully saturated rings. The van der Waals surface area contributed by atoms with E-state index in [-0.39, 0.29) is 5.69 Å². The van der Waals surface area contributed by atoms with Crippen LogP contribution in [0.25, 0.3) is 0 Å². The van der Waals surface area contributed by atoms with Gasteiger partial charge < -0.3 is 16.4 Å². The third-order valence-electron chi connectivity index (χ3n) is 3.21. The SMILES string of the molecule is CCc1ccc(N(C)c2nc(C(N)=O)ccc2N)cc1. The van der Waals surface area contributed by atoms with E-state index < -0.39 is 5.91 Å². The second kappa shape index (κ2) is 5.61. The Labute approximate surface area is 118 Å². The summed E-state index contributed by atoms with van der Waals surface area (Å²) < 4.78 is 0. The molecule has 0 aliphatic heterocycles. The van der Waals surface area contributed by atoms with Crippen LogP contribution < -0.4 is 16.4 Å². The van der Waals surface area contributed by atoms with Gasteiger partial charge in [0.2, 0.25) is 0 Å². The third kappa shape index (κ3) is 2.71. The van der Waals surface area contributed by atoms with Crippen LogP contribution in [-0.4, -0.2) is 17.9 Å². The smallest absolute Gasteiger partial charge is 0.267 e. The van der Waals surface area contributed by atoms with Crippen molar-refractivity contribution < 1.29 is 4.79 Å². The van der Waals surface area contributed by atoms with E-state index in [1.807, 2.05) is 24.1 Å². The molecule has 0 unspecified atom stereocenters. The summed E-state index contributed by atoms with van der Waals surface area (Å²) in [6, 6.07) is 11.3. The summed E-state index contributed by atoms with van der Waals surface area (Å²) in [6.45, 7) is 2.11. The Morgan fingerprint density at radius 3 is 2.40 bits per heavy atom. The Bertz CT molecular complexity index is 622. The highest BCUT2D eigenvalue weighted by Gasteiger charge is 2.12. The topological polar surface area (TPSA) is 85.2 Å². The number of hydrogen-bond donors (Lipinski definition) is 2. The molecule has 2 aromatic rings. The number of carbonyl (C=O) groups is 1. The van der Waals surface area contributed by atoms with Crippen molar-refractivity contribution in [2.45, 2.75) is 13.3 Å². The average Bonchev–Trinajstić information content (AvgIpc) is 2.47. The molecule has 1 amide bonds. The number of nitrogens with zero attached hydrogens (tertiary/aromatic N) is 2. The Balaban J connectivity index is 2.38. The van der Waals surface area contributed by atoms with Crippen LogP contribution in [0.2, 0.25) is 0 Å². The molecule has 0 saturated heterocycles. The highest BCUT2D eigenvalue weighted by Crippen LogP contribution is 2.27. The predicted octanol–water partition coefficient (Wildman–Crippen LogP) is 2.09. The van der Waals surface area contributed by atoms with Gasteiger partial charge in [0.05, 0.1) is 5.69 Å². The maximum absolute atomic E-state index is 11.2. The van der Waals surface area contributed by atoms with Crippen LogP contribution >= 0.6 is 0 Å². The second-order valence-electron chi connectivity index (χ2n) is 4.55. The summed E-state index contributed by atoms with van der Waals surface area (Å²) in [5.74, 6) is -0.0495. The molecule has 5 heteroatoms. The standard InChI is InChI=1S/C15H18N4O/c1-3-10-4-6-11(7-5-10)19(2)15-12(16)8-9-13(18-15)14(17)20/h4-9H,3,16H2,1-2H3,(H2,17,20). The normalized spacial score (nSPS) is 10.3. The number of nitrogen functional groups attached to an aromatic ring is 1. The van der Waals surface area contributed by atoms with E-state index in [9.17, 15) is 4.79 Å². The van der Waals surface area contributed by atoms with Crippen LogP contribution in [0.15, 0.2) is 36.4 Å². The lowest BCUT2D eigenvalue weighted by Gasteiger charge is -2.20. The molecule has 0 radical (unpaired) electrons. The molecule has 1 aromatic carbocycles. The number of hydrogen-bond acceptors (Lipinski definition) is 4. The summed E-state index contributed by atoms with van der Waals surface area (Å²) in [6.07, 6.45) is 0.988. The fourth-order valence-electron chi connectivity index (χ4n) is 1.94. The fraction of sp³-hybridized carbons (Fsp3) is 0.200. The molecule has 0 aliphatic carbocycles. The molecule has 2 rings (SSSR count). The fourth-order valence-corrected chi connectivity index (χ4v) is 1.94. The lowest BCUT2D eigenvalue weighted by molar-refractivity contribution is 0.0995. The predicted molar refractivity (Wildman–Crippen MR) is 81.1 cm³/mol. The summed E-state index contributed by atoms with van der Waals surface area (Å²) in [7, 11) is 1.85. The number of nitrogens with two attached hydrogens (primary N) is 2. The minimum absolute atomic E-state index is 0.200. The Morgan fingerprint density at radius 2 is 1.85 bits per heavy atom. The summed E-state index contributed by atoms with van der Waals surface area (Å²) in [4.78, 5) is 17.3. The Morgan fingerprint density at radius 1 is 1.20 bits per heavy atom. The van der Waals surface area contributed by atoms with Gasteiger partial charge in [0.1, 0.15) is 5.69 Å². The summed E-state index contributed by atoms with van der Waals surface area (Å²) >= 11 is 0. The molecule has 4 N–H and O–H groups in total. The molecule has 1 aromatic heterocycles. The number of amides is 1. The van der Waals surface area contributed by atoms with Crippen molar-refractivity contribution in [1.82, 2.24) is 4.98 Å². The number of rotatable bonds is 4. The molecule has 0 aliphatic rings. The second-order valence-corrected chi connectivity index (χ2v) is 4.55. The first-order chi connectivity index (χ1) is 9.52. The minimum atomic E-state index is -0.569. The summed E-state index contributed by atoms with van der Waals surface area (Å²) in [5, 5.41) is 0. The van der Waals surface area contributed by atoms with E-state index in [1.165, 1.54) is 11.6 Å². The number of aromatic nitrogens is 1. The van der Waals surface area contributed by atoms with Gasteiger partial charge in [0.25, 0.3) is 5.91 Å². The average molecular weight is 270 g/mol. The zero-order valence-corrected chi connectivity index (χ0v) is 11.6. The molecule has 1 heterocycles. The van der Waals surface area contributed by atoms with Gasteiger partial charge in [0.15, 0.2) is 5.82 Å². The summed E-state index contributed by atoms with van der Waals surface area (Å²) in [5.41, 5.74) is 14.1. The van der Waals surface area contributed by atoms with Crippen LogP contribution in [0.5, 0.6) is 0 Å². The van der Waals surface area contributed by atoms with Gasteiger partial charge in [-0.2, -0.15) is 0 Å². The van der Waals surface area contributed by atoms with Crippen molar-refractivity contribution in [1.29, 1.82) is 0 Å². The van der Waals surface area contributed by atoms with Crippen molar-refractivity contribution in [3.05, 3.63) is 47.7 Å². The van der Waals surface area contributed by atoms with Gasteiger partial charge in [0, 0.05) is 12.7 Å². The lowest BCUT2D eigenvalue weighted by Crippen LogP contribution is -2.18. The molecule has 20 heavy (non-hydrogen) atoms. The molecule has 0 bridgehead atoms. The van der Waals surface area contributed by atoms with Crippen molar-refractivity contribution in [2.24, 2.45) is 5.73 Å². The molecule has 104 valence electrons. The van der Waals surface area contributed by atoms with Crippen molar-refractivity contribution in [2.75, 3.05) is 17.7 Å². The zero-order chi connectivity index (χ0) is 14.7. The first-order valence-corrected chi connectivity index (χ1v) is 6.42. The van der Waals surface area contributed by atoms with Crippen molar-refractivity contribution in [3.8, 4) is 0 Å².